The number of anilines is 1. The van der Waals surface area contributed by atoms with Crippen LogP contribution in [0.4, 0.5) is 10.5 Å². The first-order valence-electron chi connectivity index (χ1n) is 15.0. The number of aryl methyl sites for hydroxylation is 1. The molecule has 0 aliphatic carbocycles. The third kappa shape index (κ3) is 7.17. The van der Waals surface area contributed by atoms with E-state index in [2.05, 4.69) is 46.4 Å². The van der Waals surface area contributed by atoms with Crippen LogP contribution in [-0.2, 0) is 11.3 Å². The third-order valence-electron chi connectivity index (χ3n) is 8.02. The van der Waals surface area contributed by atoms with Crippen molar-refractivity contribution in [3.05, 3.63) is 99.6 Å². The molecule has 2 aromatic heterocycles. The number of amides is 2. The Morgan fingerprint density at radius 3 is 2.36 bits per heavy atom. The first-order chi connectivity index (χ1) is 20.9. The molecule has 9 nitrogen and oxygen atoms in total. The van der Waals surface area contributed by atoms with Crippen LogP contribution in [0.1, 0.15) is 66.6 Å². The third-order valence-corrected chi connectivity index (χ3v) is 8.02. The largest absolute Gasteiger partial charge is 0.444 e. The average Bonchev–Trinajstić information content (AvgIpc) is 2.96. The van der Waals surface area contributed by atoms with E-state index in [0.29, 0.717) is 17.2 Å². The second-order valence-electron chi connectivity index (χ2n) is 12.7. The molecule has 0 spiro atoms. The van der Waals surface area contributed by atoms with E-state index in [1.54, 1.807) is 62.8 Å². The van der Waals surface area contributed by atoms with Crippen molar-refractivity contribution in [1.82, 2.24) is 19.4 Å². The van der Waals surface area contributed by atoms with Crippen LogP contribution in [0.2, 0.25) is 0 Å². The minimum Gasteiger partial charge on any atom is -0.444 e. The molecule has 3 heterocycles. The zero-order valence-electron chi connectivity index (χ0n) is 26.4. The highest BCUT2D eigenvalue weighted by Gasteiger charge is 2.22. The van der Waals surface area contributed by atoms with Gasteiger partial charge < -0.3 is 9.64 Å². The lowest BCUT2D eigenvalue weighted by molar-refractivity contribution is 0.0635. The van der Waals surface area contributed by atoms with E-state index in [9.17, 15) is 14.4 Å². The van der Waals surface area contributed by atoms with E-state index in [-0.39, 0.29) is 11.5 Å². The van der Waals surface area contributed by atoms with Crippen LogP contribution in [0.3, 0.4) is 0 Å². The Morgan fingerprint density at radius 2 is 1.73 bits per heavy atom. The number of rotatable bonds is 6. The number of carbonyl (C=O) groups is 2. The Hall–Kier alpha value is -4.50. The number of hydrogen-bond donors (Lipinski definition) is 1. The van der Waals surface area contributed by atoms with E-state index in [1.165, 1.54) is 17.2 Å². The van der Waals surface area contributed by atoms with Gasteiger partial charge in [-0.2, -0.15) is 0 Å². The topological polar surface area (TPSA) is 96.8 Å². The van der Waals surface area contributed by atoms with Gasteiger partial charge in [0.1, 0.15) is 5.60 Å². The van der Waals surface area contributed by atoms with Crippen LogP contribution < -0.4 is 10.9 Å². The number of nitrogens with zero attached hydrogens (tertiary/aromatic N) is 4. The summed E-state index contributed by atoms with van der Waals surface area (Å²) in [6.07, 6.45) is 4.88. The van der Waals surface area contributed by atoms with Gasteiger partial charge in [0.2, 0.25) is 0 Å². The van der Waals surface area contributed by atoms with Gasteiger partial charge in [-0.15, -0.1) is 0 Å². The normalized spacial score (nSPS) is 14.4. The zero-order chi connectivity index (χ0) is 31.6. The quantitative estimate of drug-likeness (QED) is 0.288. The Bertz CT molecular complexity index is 1730. The Balaban J connectivity index is 1.30. The molecule has 9 heteroatoms. The fourth-order valence-electron chi connectivity index (χ4n) is 5.71. The molecule has 44 heavy (non-hydrogen) atoms. The van der Waals surface area contributed by atoms with Crippen molar-refractivity contribution in [2.75, 3.05) is 32.5 Å². The summed E-state index contributed by atoms with van der Waals surface area (Å²) >= 11 is 0. The van der Waals surface area contributed by atoms with Gasteiger partial charge in [-0.1, -0.05) is 12.1 Å². The molecule has 0 bridgehead atoms. The maximum absolute atomic E-state index is 13.2. The van der Waals surface area contributed by atoms with Crippen LogP contribution in [0.25, 0.3) is 16.6 Å². The maximum Gasteiger partial charge on any atom is 0.412 e. The number of nitrogens with one attached hydrogen (secondary N) is 1. The van der Waals surface area contributed by atoms with Crippen molar-refractivity contribution in [2.24, 2.45) is 0 Å². The molecule has 4 aromatic rings. The number of hydrogen-bond acceptors (Lipinski definition) is 6. The van der Waals surface area contributed by atoms with Gasteiger partial charge in [0.15, 0.2) is 0 Å². The number of likely N-dealkylation sites (tertiary alicyclic amines) is 1. The molecule has 1 aliphatic rings. The SMILES string of the molecule is Cc1cc2nccc(-n3ccc(NC(=O)OC(C)(C)C)cc3=O)c2cc1CN1CCC(c2ccc(C(=O)N(C)C)cc2)CC1. The van der Waals surface area contributed by atoms with Gasteiger partial charge in [0.25, 0.3) is 11.5 Å². The fourth-order valence-corrected chi connectivity index (χ4v) is 5.71. The van der Waals surface area contributed by atoms with Gasteiger partial charge >= 0.3 is 6.09 Å². The highest BCUT2D eigenvalue weighted by atomic mass is 16.6. The Kier molecular flexibility index (Phi) is 8.87. The van der Waals surface area contributed by atoms with Gasteiger partial charge in [-0.25, -0.2) is 4.79 Å². The number of pyridine rings is 2. The molecule has 1 saturated heterocycles. The second-order valence-corrected chi connectivity index (χ2v) is 12.7. The summed E-state index contributed by atoms with van der Waals surface area (Å²) in [7, 11) is 3.54. The Morgan fingerprint density at radius 1 is 1.02 bits per heavy atom. The monoisotopic (exact) mass is 595 g/mol. The number of carbonyl (C=O) groups excluding carboxylic acids is 2. The van der Waals surface area contributed by atoms with Crippen molar-refractivity contribution in [1.29, 1.82) is 0 Å². The van der Waals surface area contributed by atoms with Crippen LogP contribution in [0.15, 0.2) is 71.8 Å². The van der Waals surface area contributed by atoms with Crippen molar-refractivity contribution >= 4 is 28.6 Å². The molecule has 2 amide bonds. The zero-order valence-corrected chi connectivity index (χ0v) is 26.4. The number of piperidine rings is 1. The number of fused-ring (bicyclic) bond motifs is 1. The van der Waals surface area contributed by atoms with Crippen LogP contribution >= 0.6 is 0 Å². The molecule has 0 unspecified atom stereocenters. The lowest BCUT2D eigenvalue weighted by Crippen LogP contribution is -2.32. The van der Waals surface area contributed by atoms with Crippen molar-refractivity contribution < 1.29 is 14.3 Å². The van der Waals surface area contributed by atoms with Crippen LogP contribution in [0.5, 0.6) is 0 Å². The predicted molar refractivity (Wildman–Crippen MR) is 174 cm³/mol. The first kappa shape index (κ1) is 30.9. The summed E-state index contributed by atoms with van der Waals surface area (Å²) in [5.74, 6) is 0.496. The summed E-state index contributed by atoms with van der Waals surface area (Å²) in [4.78, 5) is 46.3. The number of benzene rings is 2. The molecule has 1 N–H and O–H groups in total. The average molecular weight is 596 g/mol. The van der Waals surface area contributed by atoms with Gasteiger partial charge in [0.05, 0.1) is 16.9 Å². The maximum atomic E-state index is 13.2. The second kappa shape index (κ2) is 12.6. The van der Waals surface area contributed by atoms with E-state index in [4.69, 9.17) is 4.74 Å². The van der Waals surface area contributed by atoms with E-state index < -0.39 is 11.7 Å². The molecule has 0 saturated carbocycles. The standard InChI is InChI=1S/C35H41N5O4/c1-23-19-30-29(31(11-15-36-30)40-18-14-28(21-32(40)41)37-34(43)44-35(2,3)4)20-27(23)22-39-16-12-25(13-17-39)24-7-9-26(10-8-24)33(42)38(5)6/h7-11,14-15,18-21,25H,12-13,16-17,22H2,1-6H3,(H,37,43). The van der Waals surface area contributed by atoms with Crippen LogP contribution in [-0.4, -0.2) is 64.1 Å². The molecule has 2 aromatic carbocycles. The van der Waals surface area contributed by atoms with E-state index in [0.717, 1.165) is 54.6 Å². The van der Waals surface area contributed by atoms with Crippen molar-refractivity contribution in [3.8, 4) is 5.69 Å². The van der Waals surface area contributed by atoms with Crippen molar-refractivity contribution in [3.63, 3.8) is 0 Å². The molecule has 1 aliphatic heterocycles. The van der Waals surface area contributed by atoms with Crippen molar-refractivity contribution in [2.45, 2.75) is 58.6 Å². The summed E-state index contributed by atoms with van der Waals surface area (Å²) in [6.45, 7) is 10.2. The fraction of sp³-hybridized carbons (Fsp3) is 0.371. The first-order valence-corrected chi connectivity index (χ1v) is 15.0. The molecular formula is C35H41N5O4. The van der Waals surface area contributed by atoms with E-state index in [1.807, 2.05) is 18.2 Å². The minimum atomic E-state index is -0.637. The molecule has 1 fully saturated rings. The smallest absolute Gasteiger partial charge is 0.412 e. The summed E-state index contributed by atoms with van der Waals surface area (Å²) in [5, 5.41) is 3.53. The van der Waals surface area contributed by atoms with Gasteiger partial charge in [-0.3, -0.25) is 29.4 Å². The Labute approximate surface area is 258 Å². The molecule has 0 atom stereocenters. The molecular weight excluding hydrogens is 554 g/mol. The number of aromatic nitrogens is 2. The van der Waals surface area contributed by atoms with Gasteiger partial charge in [0, 0.05) is 50.0 Å². The lowest BCUT2D eigenvalue weighted by Gasteiger charge is -2.32. The highest BCUT2D eigenvalue weighted by Crippen LogP contribution is 2.30. The molecule has 230 valence electrons. The summed E-state index contributed by atoms with van der Waals surface area (Å²) < 4.78 is 6.88. The van der Waals surface area contributed by atoms with E-state index >= 15 is 0 Å². The highest BCUT2D eigenvalue weighted by molar-refractivity contribution is 5.94. The molecule has 5 rings (SSSR count). The summed E-state index contributed by atoms with van der Waals surface area (Å²) in [6, 6.07) is 17.2. The number of ether oxygens (including phenoxy) is 1. The molecule has 0 radical (unpaired) electrons. The predicted octanol–water partition coefficient (Wildman–Crippen LogP) is 6.12. The lowest BCUT2D eigenvalue weighted by atomic mass is 9.88. The van der Waals surface area contributed by atoms with Gasteiger partial charge in [-0.05, 0) is 113 Å². The minimum absolute atomic E-state index is 0.0209. The summed E-state index contributed by atoms with van der Waals surface area (Å²) in [5.41, 5.74) is 5.39. The van der Waals surface area contributed by atoms with Crippen LogP contribution in [0, 0.1) is 6.92 Å².